The first kappa shape index (κ1) is 25.4. The molecule has 5 nitrogen and oxygen atoms in total. The first-order valence-electron chi connectivity index (χ1n) is 11.6. The second-order valence-electron chi connectivity index (χ2n) is 8.59. The lowest BCUT2D eigenvalue weighted by atomic mass is 9.95. The molecule has 1 fully saturated rings. The Morgan fingerprint density at radius 1 is 1.09 bits per heavy atom. The normalized spacial score (nSPS) is 15.0. The lowest BCUT2D eigenvalue weighted by Crippen LogP contribution is -2.52. The topological polar surface area (TPSA) is 58.6 Å². The molecule has 1 N–H and O–H groups in total. The average molecular weight is 491 g/mol. The van der Waals surface area contributed by atoms with Gasteiger partial charge in [-0.2, -0.15) is 0 Å². The summed E-state index contributed by atoms with van der Waals surface area (Å²) in [6.07, 6.45) is 5.85. The Labute approximate surface area is 206 Å². The number of rotatable bonds is 9. The van der Waals surface area contributed by atoms with Gasteiger partial charge in [-0.05, 0) is 56.0 Å². The van der Waals surface area contributed by atoms with Crippen LogP contribution >= 0.6 is 23.2 Å². The molecule has 1 atom stereocenters. The maximum atomic E-state index is 13.4. The number of hydrogen-bond acceptors (Lipinski definition) is 3. The van der Waals surface area contributed by atoms with Crippen molar-refractivity contribution >= 4 is 35.0 Å². The van der Waals surface area contributed by atoms with Crippen LogP contribution in [-0.2, 0) is 16.1 Å². The standard InChI is InChI=1S/C26H32Cl2N2O3/c1-3-24(26(32)29-19-10-5-4-6-11-19)30(16-21-22(27)13-8-14-23(21)28)25(31)17-33-20-12-7-9-18(2)15-20/h7-9,12-15,19,24H,3-6,10-11,16-17H2,1-2H3,(H,29,32)/t24-/m1/s1. The number of nitrogens with one attached hydrogen (secondary N) is 1. The molecule has 0 radical (unpaired) electrons. The number of amides is 2. The summed E-state index contributed by atoms with van der Waals surface area (Å²) in [7, 11) is 0. The first-order chi connectivity index (χ1) is 15.9. The zero-order valence-corrected chi connectivity index (χ0v) is 20.8. The van der Waals surface area contributed by atoms with Crippen molar-refractivity contribution in [1.82, 2.24) is 10.2 Å². The van der Waals surface area contributed by atoms with Crippen LogP contribution in [0.5, 0.6) is 5.75 Å². The number of aryl methyl sites for hydroxylation is 1. The maximum Gasteiger partial charge on any atom is 0.261 e. The summed E-state index contributed by atoms with van der Waals surface area (Å²) in [6, 6.07) is 12.3. The van der Waals surface area contributed by atoms with Gasteiger partial charge in [-0.15, -0.1) is 0 Å². The predicted molar refractivity (Wildman–Crippen MR) is 133 cm³/mol. The third-order valence-corrected chi connectivity index (χ3v) is 6.79. The monoisotopic (exact) mass is 490 g/mol. The van der Waals surface area contributed by atoms with Crippen LogP contribution in [0.25, 0.3) is 0 Å². The molecular weight excluding hydrogens is 459 g/mol. The molecule has 0 aliphatic heterocycles. The summed E-state index contributed by atoms with van der Waals surface area (Å²) in [4.78, 5) is 28.2. The molecule has 0 bridgehead atoms. The van der Waals surface area contributed by atoms with Crippen molar-refractivity contribution in [3.63, 3.8) is 0 Å². The smallest absolute Gasteiger partial charge is 0.261 e. The summed E-state index contributed by atoms with van der Waals surface area (Å²) < 4.78 is 5.76. The zero-order valence-electron chi connectivity index (χ0n) is 19.3. The summed E-state index contributed by atoms with van der Waals surface area (Å²) in [6.45, 7) is 3.81. The van der Waals surface area contributed by atoms with E-state index in [0.29, 0.717) is 27.8 Å². The van der Waals surface area contributed by atoms with Crippen LogP contribution in [-0.4, -0.2) is 35.4 Å². The molecule has 0 heterocycles. The number of carbonyl (C=O) groups is 2. The van der Waals surface area contributed by atoms with Gasteiger partial charge >= 0.3 is 0 Å². The summed E-state index contributed by atoms with van der Waals surface area (Å²) in [5.74, 6) is 0.174. The molecule has 1 aliphatic rings. The second-order valence-corrected chi connectivity index (χ2v) is 9.41. The summed E-state index contributed by atoms with van der Waals surface area (Å²) in [5, 5.41) is 4.08. The van der Waals surface area contributed by atoms with E-state index >= 15 is 0 Å². The van der Waals surface area contributed by atoms with Gasteiger partial charge in [-0.25, -0.2) is 0 Å². The fraction of sp³-hybridized carbons (Fsp3) is 0.462. The number of ether oxygens (including phenoxy) is 1. The second kappa shape index (κ2) is 12.3. The van der Waals surface area contributed by atoms with Crippen LogP contribution in [0.3, 0.4) is 0 Å². The number of halogens is 2. The van der Waals surface area contributed by atoms with Crippen LogP contribution in [0.2, 0.25) is 10.0 Å². The van der Waals surface area contributed by atoms with Gasteiger partial charge in [0.15, 0.2) is 6.61 Å². The van der Waals surface area contributed by atoms with Gasteiger partial charge in [0, 0.05) is 28.2 Å². The van der Waals surface area contributed by atoms with Crippen molar-refractivity contribution in [1.29, 1.82) is 0 Å². The minimum absolute atomic E-state index is 0.130. The fourth-order valence-electron chi connectivity index (χ4n) is 4.25. The van der Waals surface area contributed by atoms with Crippen LogP contribution in [0, 0.1) is 6.92 Å². The van der Waals surface area contributed by atoms with E-state index in [0.717, 1.165) is 31.2 Å². The molecule has 0 saturated heterocycles. The van der Waals surface area contributed by atoms with E-state index in [2.05, 4.69) is 5.32 Å². The summed E-state index contributed by atoms with van der Waals surface area (Å²) >= 11 is 12.8. The molecule has 2 aromatic carbocycles. The first-order valence-corrected chi connectivity index (χ1v) is 12.4. The molecule has 178 valence electrons. The van der Waals surface area contributed by atoms with Crippen molar-refractivity contribution in [3.8, 4) is 5.75 Å². The molecule has 1 aliphatic carbocycles. The Bertz CT molecular complexity index is 940. The Morgan fingerprint density at radius 2 is 1.76 bits per heavy atom. The van der Waals surface area contributed by atoms with E-state index in [1.165, 1.54) is 6.42 Å². The van der Waals surface area contributed by atoms with Crippen molar-refractivity contribution < 1.29 is 14.3 Å². The van der Waals surface area contributed by atoms with Crippen LogP contribution < -0.4 is 10.1 Å². The Morgan fingerprint density at radius 3 is 2.39 bits per heavy atom. The zero-order chi connectivity index (χ0) is 23.8. The van der Waals surface area contributed by atoms with E-state index in [-0.39, 0.29) is 31.0 Å². The molecule has 2 amide bonds. The van der Waals surface area contributed by atoms with Crippen LogP contribution in [0.4, 0.5) is 0 Å². The van der Waals surface area contributed by atoms with Gasteiger partial charge in [-0.1, -0.05) is 67.6 Å². The highest BCUT2D eigenvalue weighted by atomic mass is 35.5. The van der Waals surface area contributed by atoms with E-state index in [1.54, 1.807) is 23.1 Å². The molecule has 1 saturated carbocycles. The number of hydrogen-bond donors (Lipinski definition) is 1. The molecule has 7 heteroatoms. The van der Waals surface area contributed by atoms with E-state index in [4.69, 9.17) is 27.9 Å². The van der Waals surface area contributed by atoms with Crippen LogP contribution in [0.1, 0.15) is 56.6 Å². The number of benzene rings is 2. The largest absolute Gasteiger partial charge is 0.484 e. The van der Waals surface area contributed by atoms with E-state index in [1.807, 2.05) is 38.1 Å². The molecular formula is C26H32Cl2N2O3. The van der Waals surface area contributed by atoms with Crippen molar-refractivity contribution in [2.24, 2.45) is 0 Å². The fourth-order valence-corrected chi connectivity index (χ4v) is 4.77. The lowest BCUT2D eigenvalue weighted by molar-refractivity contribution is -0.143. The van der Waals surface area contributed by atoms with E-state index < -0.39 is 6.04 Å². The third-order valence-electron chi connectivity index (χ3n) is 6.08. The quantitative estimate of drug-likeness (QED) is 0.473. The van der Waals surface area contributed by atoms with Crippen molar-refractivity contribution in [3.05, 3.63) is 63.6 Å². The van der Waals surface area contributed by atoms with Crippen molar-refractivity contribution in [2.75, 3.05) is 6.61 Å². The highest BCUT2D eigenvalue weighted by Crippen LogP contribution is 2.27. The average Bonchev–Trinajstić information content (AvgIpc) is 2.80. The molecule has 0 spiro atoms. The van der Waals surface area contributed by atoms with Gasteiger partial charge in [0.2, 0.25) is 5.91 Å². The molecule has 0 unspecified atom stereocenters. The number of nitrogens with zero attached hydrogens (tertiary/aromatic N) is 1. The number of carbonyl (C=O) groups excluding carboxylic acids is 2. The highest BCUT2D eigenvalue weighted by molar-refractivity contribution is 6.36. The maximum absolute atomic E-state index is 13.4. The van der Waals surface area contributed by atoms with Gasteiger partial charge in [0.1, 0.15) is 11.8 Å². The Kier molecular flexibility index (Phi) is 9.45. The van der Waals surface area contributed by atoms with Gasteiger partial charge < -0.3 is 15.0 Å². The SMILES string of the molecule is CC[C@H](C(=O)NC1CCCCC1)N(Cc1c(Cl)cccc1Cl)C(=O)COc1cccc(C)c1. The Balaban J connectivity index is 1.80. The molecule has 2 aromatic rings. The minimum atomic E-state index is -0.645. The molecule has 33 heavy (non-hydrogen) atoms. The summed E-state index contributed by atoms with van der Waals surface area (Å²) in [5.41, 5.74) is 1.66. The molecule has 3 rings (SSSR count). The molecule has 0 aromatic heterocycles. The van der Waals surface area contributed by atoms with Crippen LogP contribution in [0.15, 0.2) is 42.5 Å². The van der Waals surface area contributed by atoms with Gasteiger partial charge in [-0.3, -0.25) is 9.59 Å². The minimum Gasteiger partial charge on any atom is -0.484 e. The van der Waals surface area contributed by atoms with Gasteiger partial charge in [0.05, 0.1) is 0 Å². The highest BCUT2D eigenvalue weighted by Gasteiger charge is 2.31. The third kappa shape index (κ3) is 7.12. The van der Waals surface area contributed by atoms with Gasteiger partial charge in [0.25, 0.3) is 5.91 Å². The van der Waals surface area contributed by atoms with Crippen molar-refractivity contribution in [2.45, 2.75) is 71.0 Å². The Hall–Kier alpha value is -2.24. The lowest BCUT2D eigenvalue weighted by Gasteiger charge is -2.33. The predicted octanol–water partition coefficient (Wildman–Crippen LogP) is 5.94. The van der Waals surface area contributed by atoms with E-state index in [9.17, 15) is 9.59 Å².